The third-order valence-corrected chi connectivity index (χ3v) is 4.34. The maximum atomic E-state index is 6.07. The molecule has 2 aliphatic heterocycles. The first-order valence-corrected chi connectivity index (χ1v) is 7.18. The maximum absolute atomic E-state index is 6.07. The Kier molecular flexibility index (Phi) is 3.56. The van der Waals surface area contributed by atoms with Gasteiger partial charge in [0.05, 0.1) is 10.7 Å². The van der Waals surface area contributed by atoms with Crippen LogP contribution in [0.4, 0.5) is 11.5 Å². The highest BCUT2D eigenvalue weighted by Crippen LogP contribution is 2.38. The number of nitrogens with one attached hydrogen (secondary N) is 1. The van der Waals surface area contributed by atoms with Crippen molar-refractivity contribution in [2.45, 2.75) is 18.9 Å². The van der Waals surface area contributed by atoms with Crippen molar-refractivity contribution in [1.29, 1.82) is 0 Å². The van der Waals surface area contributed by atoms with Crippen LogP contribution in [-0.2, 0) is 0 Å². The van der Waals surface area contributed by atoms with E-state index in [0.29, 0.717) is 16.2 Å². The van der Waals surface area contributed by atoms with E-state index in [1.165, 1.54) is 0 Å². The van der Waals surface area contributed by atoms with Gasteiger partial charge >= 0.3 is 0 Å². The van der Waals surface area contributed by atoms with Gasteiger partial charge in [-0.1, -0.05) is 23.2 Å². The number of pyridine rings is 1. The fourth-order valence-electron chi connectivity index (χ4n) is 2.60. The molecule has 1 aromatic rings. The Balaban J connectivity index is 2.00. The lowest BCUT2D eigenvalue weighted by atomic mass is 10.0. The van der Waals surface area contributed by atoms with Crippen LogP contribution >= 0.6 is 23.2 Å². The predicted octanol–water partition coefficient (Wildman–Crippen LogP) is 2.87. The Bertz CT molecular complexity index is 512. The van der Waals surface area contributed by atoms with Gasteiger partial charge in [-0.15, -0.1) is 0 Å². The fourth-order valence-corrected chi connectivity index (χ4v) is 2.88. The lowest BCUT2D eigenvalue weighted by Crippen LogP contribution is -2.42. The summed E-state index contributed by atoms with van der Waals surface area (Å²) in [6.07, 6.45) is 6.33. The predicted molar refractivity (Wildman–Crippen MR) is 80.2 cm³/mol. The van der Waals surface area contributed by atoms with E-state index < -0.39 is 0 Å². The summed E-state index contributed by atoms with van der Waals surface area (Å²) >= 11 is 12.1. The molecule has 19 heavy (non-hydrogen) atoms. The van der Waals surface area contributed by atoms with E-state index in [2.05, 4.69) is 21.4 Å². The van der Waals surface area contributed by atoms with Crippen LogP contribution in [0.2, 0.25) is 10.2 Å². The summed E-state index contributed by atoms with van der Waals surface area (Å²) in [6, 6.07) is 2.35. The smallest absolute Gasteiger partial charge is 0.158 e. The third kappa shape index (κ3) is 2.40. The molecule has 0 aromatic carbocycles. The molecule has 6 heteroatoms. The topological polar surface area (TPSA) is 31.4 Å². The number of piperidine rings is 1. The molecule has 0 saturated carbocycles. The Labute approximate surface area is 123 Å². The van der Waals surface area contributed by atoms with Gasteiger partial charge in [-0.3, -0.25) is 0 Å². The second-order valence-corrected chi connectivity index (χ2v) is 5.67. The van der Waals surface area contributed by atoms with Crippen molar-refractivity contribution < 1.29 is 0 Å². The van der Waals surface area contributed by atoms with Crippen LogP contribution in [0.5, 0.6) is 0 Å². The monoisotopic (exact) mass is 298 g/mol. The highest BCUT2D eigenvalue weighted by atomic mass is 35.5. The van der Waals surface area contributed by atoms with Crippen LogP contribution in [0.15, 0.2) is 18.5 Å². The minimum atomic E-state index is 0.364. The minimum Gasteiger partial charge on any atom is -0.347 e. The lowest BCUT2D eigenvalue weighted by Gasteiger charge is -2.38. The number of hydrogen-bond acceptors (Lipinski definition) is 4. The summed E-state index contributed by atoms with van der Waals surface area (Å²) in [5.41, 5.74) is 0.996. The molecular weight excluding hydrogens is 283 g/mol. The molecule has 1 saturated heterocycles. The molecule has 0 spiro atoms. The van der Waals surface area contributed by atoms with Crippen molar-refractivity contribution in [2.75, 3.05) is 29.9 Å². The van der Waals surface area contributed by atoms with Gasteiger partial charge in [0.25, 0.3) is 0 Å². The largest absolute Gasteiger partial charge is 0.347 e. The number of nitrogens with zero attached hydrogens (tertiary/aromatic N) is 3. The zero-order chi connectivity index (χ0) is 13.4. The Hall–Kier alpha value is -0.970. The number of halogens is 2. The first kappa shape index (κ1) is 13.0. The first-order valence-electron chi connectivity index (χ1n) is 6.43. The summed E-state index contributed by atoms with van der Waals surface area (Å²) in [7, 11) is 1.99. The molecular formula is C13H16Cl2N4. The highest BCUT2D eigenvalue weighted by molar-refractivity contribution is 6.41. The molecule has 1 fully saturated rings. The molecule has 0 radical (unpaired) electrons. The summed E-state index contributed by atoms with van der Waals surface area (Å²) in [5, 5.41) is 4.24. The second-order valence-electron chi connectivity index (χ2n) is 4.90. The lowest BCUT2D eigenvalue weighted by molar-refractivity contribution is 0.448. The van der Waals surface area contributed by atoms with Gasteiger partial charge in [0.15, 0.2) is 5.82 Å². The standard InChI is InChI=1S/C13H16Cl2N4/c1-18-6-7-19(9-2-4-16-5-3-9)13-11(18)8-10(14)12(15)17-13/h6-9,16H,2-5H2,1H3. The second kappa shape index (κ2) is 5.19. The summed E-state index contributed by atoms with van der Waals surface area (Å²) < 4.78 is 0. The van der Waals surface area contributed by atoms with Gasteiger partial charge in [0.1, 0.15) is 5.15 Å². The fraction of sp³-hybridized carbons (Fsp3) is 0.462. The SMILES string of the molecule is CN1C=CN(C2CCNCC2)c2nc(Cl)c(Cl)cc21. The number of anilines is 2. The van der Waals surface area contributed by atoms with Crippen molar-refractivity contribution in [3.63, 3.8) is 0 Å². The molecule has 0 bridgehead atoms. The molecule has 0 aliphatic carbocycles. The average molecular weight is 299 g/mol. The zero-order valence-corrected chi connectivity index (χ0v) is 12.2. The molecule has 2 aliphatic rings. The van der Waals surface area contributed by atoms with E-state index in [9.17, 15) is 0 Å². The Morgan fingerprint density at radius 2 is 2.00 bits per heavy atom. The summed E-state index contributed by atoms with van der Waals surface area (Å²) in [5.74, 6) is 0.895. The zero-order valence-electron chi connectivity index (χ0n) is 10.7. The van der Waals surface area contributed by atoms with Crippen molar-refractivity contribution in [2.24, 2.45) is 0 Å². The van der Waals surface area contributed by atoms with Crippen LogP contribution in [0.3, 0.4) is 0 Å². The summed E-state index contributed by atoms with van der Waals surface area (Å²) in [6.45, 7) is 2.09. The third-order valence-electron chi connectivity index (χ3n) is 3.67. The summed E-state index contributed by atoms with van der Waals surface area (Å²) in [4.78, 5) is 8.70. The Morgan fingerprint density at radius 1 is 1.26 bits per heavy atom. The van der Waals surface area contributed by atoms with Crippen LogP contribution in [-0.4, -0.2) is 31.2 Å². The molecule has 0 amide bonds. The van der Waals surface area contributed by atoms with E-state index in [4.69, 9.17) is 23.2 Å². The molecule has 1 aromatic heterocycles. The molecule has 1 N–H and O–H groups in total. The van der Waals surface area contributed by atoms with E-state index in [0.717, 1.165) is 37.4 Å². The minimum absolute atomic E-state index is 0.364. The van der Waals surface area contributed by atoms with Gasteiger partial charge < -0.3 is 15.1 Å². The van der Waals surface area contributed by atoms with Gasteiger partial charge in [-0.25, -0.2) is 4.98 Å². The van der Waals surface area contributed by atoms with E-state index in [-0.39, 0.29) is 0 Å². The molecule has 102 valence electrons. The van der Waals surface area contributed by atoms with Crippen LogP contribution < -0.4 is 15.1 Å². The van der Waals surface area contributed by atoms with E-state index in [1.807, 2.05) is 24.2 Å². The molecule has 3 rings (SSSR count). The van der Waals surface area contributed by atoms with Crippen LogP contribution in [0.25, 0.3) is 0 Å². The quantitative estimate of drug-likeness (QED) is 0.808. The van der Waals surface area contributed by atoms with E-state index >= 15 is 0 Å². The normalized spacial score (nSPS) is 19.7. The molecule has 0 unspecified atom stereocenters. The van der Waals surface area contributed by atoms with Gasteiger partial charge in [0, 0.05) is 25.5 Å². The van der Waals surface area contributed by atoms with Crippen molar-refractivity contribution in [3.05, 3.63) is 28.6 Å². The highest BCUT2D eigenvalue weighted by Gasteiger charge is 2.27. The van der Waals surface area contributed by atoms with Gasteiger partial charge in [0.2, 0.25) is 0 Å². The van der Waals surface area contributed by atoms with Crippen molar-refractivity contribution in [1.82, 2.24) is 10.3 Å². The number of hydrogen-bond donors (Lipinski definition) is 1. The van der Waals surface area contributed by atoms with E-state index in [1.54, 1.807) is 0 Å². The van der Waals surface area contributed by atoms with Crippen LogP contribution in [0.1, 0.15) is 12.8 Å². The first-order chi connectivity index (χ1) is 9.16. The van der Waals surface area contributed by atoms with Gasteiger partial charge in [-0.2, -0.15) is 0 Å². The maximum Gasteiger partial charge on any atom is 0.158 e. The number of aromatic nitrogens is 1. The van der Waals surface area contributed by atoms with Gasteiger partial charge in [-0.05, 0) is 32.0 Å². The molecule has 4 nitrogen and oxygen atoms in total. The Morgan fingerprint density at radius 3 is 2.74 bits per heavy atom. The number of rotatable bonds is 1. The molecule has 0 atom stereocenters. The average Bonchev–Trinajstić information content (AvgIpc) is 2.42. The molecule has 3 heterocycles. The number of fused-ring (bicyclic) bond motifs is 1. The van der Waals surface area contributed by atoms with Crippen molar-refractivity contribution in [3.8, 4) is 0 Å². The van der Waals surface area contributed by atoms with Crippen molar-refractivity contribution >= 4 is 34.7 Å². The van der Waals surface area contributed by atoms with Crippen LogP contribution in [0, 0.1) is 0 Å².